The maximum absolute atomic E-state index is 12.2. The van der Waals surface area contributed by atoms with Gasteiger partial charge in [-0.1, -0.05) is 60.7 Å². The number of likely N-dealkylation sites (tertiary alicyclic amines) is 1. The Hall–Kier alpha value is -2.17. The molecule has 6 fully saturated rings. The normalized spacial score (nSPS) is 33.8. The molecule has 4 heteroatoms. The maximum Gasteiger partial charge on any atom is 0.310 e. The lowest BCUT2D eigenvalue weighted by Crippen LogP contribution is -2.76. The van der Waals surface area contributed by atoms with Crippen molar-refractivity contribution in [1.82, 2.24) is 9.80 Å². The molecule has 4 bridgehead atoms. The zero-order valence-corrected chi connectivity index (χ0v) is 21.9. The molecule has 3 saturated carbocycles. The van der Waals surface area contributed by atoms with E-state index >= 15 is 0 Å². The third kappa shape index (κ3) is 4.11. The molecule has 0 spiro atoms. The molecular weight excluding hydrogens is 444 g/mol. The minimum Gasteiger partial charge on any atom is -0.466 e. The number of fused-ring (bicyclic) bond motifs is 1. The van der Waals surface area contributed by atoms with Crippen LogP contribution in [0, 0.1) is 11.8 Å². The van der Waals surface area contributed by atoms with Gasteiger partial charge in [-0.25, -0.2) is 0 Å². The number of carbonyl (C=O) groups is 1. The molecule has 3 unspecified atom stereocenters. The average molecular weight is 487 g/mol. The van der Waals surface area contributed by atoms with Crippen LogP contribution < -0.4 is 0 Å². The number of ether oxygens (including phenoxy) is 1. The summed E-state index contributed by atoms with van der Waals surface area (Å²) in [6.07, 6.45) is 8.53. The zero-order chi connectivity index (χ0) is 24.6. The van der Waals surface area contributed by atoms with E-state index in [2.05, 4.69) is 70.5 Å². The van der Waals surface area contributed by atoms with Gasteiger partial charge in [0.05, 0.1) is 12.5 Å². The summed E-state index contributed by atoms with van der Waals surface area (Å²) in [5.41, 5.74) is 3.89. The molecule has 36 heavy (non-hydrogen) atoms. The van der Waals surface area contributed by atoms with Crippen molar-refractivity contribution in [3.63, 3.8) is 0 Å². The molecule has 2 aromatic carbocycles. The number of benzene rings is 2. The number of carbonyl (C=O) groups excluding carboxylic acids is 1. The molecule has 0 radical (unpaired) electrons. The van der Waals surface area contributed by atoms with Gasteiger partial charge in [0, 0.05) is 30.0 Å². The summed E-state index contributed by atoms with van der Waals surface area (Å²) in [6.45, 7) is 7.97. The molecule has 0 N–H and O–H groups in total. The molecule has 3 saturated heterocycles. The van der Waals surface area contributed by atoms with E-state index < -0.39 is 0 Å². The van der Waals surface area contributed by atoms with Crippen molar-refractivity contribution in [2.75, 3.05) is 39.3 Å². The van der Waals surface area contributed by atoms with E-state index in [9.17, 15) is 4.79 Å². The Kier molecular flexibility index (Phi) is 6.68. The molecule has 8 rings (SSSR count). The van der Waals surface area contributed by atoms with Crippen LogP contribution in [0.25, 0.3) is 0 Å². The third-order valence-electron chi connectivity index (χ3n) is 10.1. The molecule has 0 amide bonds. The van der Waals surface area contributed by atoms with Crippen LogP contribution in [0.1, 0.15) is 63.0 Å². The second kappa shape index (κ2) is 9.95. The predicted octanol–water partition coefficient (Wildman–Crippen LogP) is 5.42. The summed E-state index contributed by atoms with van der Waals surface area (Å²) >= 11 is 0. The van der Waals surface area contributed by atoms with Gasteiger partial charge in [0.25, 0.3) is 0 Å². The summed E-state index contributed by atoms with van der Waals surface area (Å²) in [6, 6.07) is 23.5. The molecule has 3 aliphatic heterocycles. The van der Waals surface area contributed by atoms with Crippen LogP contribution in [-0.4, -0.2) is 61.1 Å². The quantitative estimate of drug-likeness (QED) is 0.350. The number of piperidine rings is 3. The van der Waals surface area contributed by atoms with Gasteiger partial charge in [-0.15, -0.1) is 0 Å². The summed E-state index contributed by atoms with van der Waals surface area (Å²) in [5.74, 6) is 0.795. The predicted molar refractivity (Wildman–Crippen MR) is 144 cm³/mol. The van der Waals surface area contributed by atoms with Crippen LogP contribution in [0.4, 0.5) is 0 Å². The SMILES string of the molecule is CCOC(=O)C1CCCN(CCCCN2CC3C4(c5ccccc5)CC2CC3(c2ccccc2)C4)C1. The van der Waals surface area contributed by atoms with E-state index in [0.717, 1.165) is 32.5 Å². The first-order chi connectivity index (χ1) is 17.6. The van der Waals surface area contributed by atoms with Crippen LogP contribution in [0.3, 0.4) is 0 Å². The van der Waals surface area contributed by atoms with Gasteiger partial charge < -0.3 is 9.64 Å². The number of rotatable bonds is 9. The third-order valence-corrected chi connectivity index (χ3v) is 10.1. The number of esters is 1. The molecule has 3 atom stereocenters. The van der Waals surface area contributed by atoms with E-state index in [1.165, 1.54) is 45.2 Å². The summed E-state index contributed by atoms with van der Waals surface area (Å²) in [7, 11) is 0. The standard InChI is InChI=1S/C32H42N2O2/c1-2-36-30(35)25-12-11-18-33(22-25)17-9-10-19-34-23-29-31(26-13-5-3-6-14-26)20-28(34)21-32(29,24-31)27-15-7-4-8-16-27/h3-8,13-16,25,28-29H,2,9-12,17-24H2,1H3. The van der Waals surface area contributed by atoms with Gasteiger partial charge in [0.1, 0.15) is 0 Å². The fourth-order valence-electron chi connectivity index (χ4n) is 8.56. The lowest BCUT2D eigenvalue weighted by molar-refractivity contribution is -0.162. The smallest absolute Gasteiger partial charge is 0.310 e. The molecule has 2 aromatic rings. The highest BCUT2D eigenvalue weighted by atomic mass is 16.5. The Balaban J connectivity index is 1.08. The molecular formula is C32H42N2O2. The Morgan fingerprint density at radius 3 is 2.17 bits per heavy atom. The Morgan fingerprint density at radius 1 is 0.917 bits per heavy atom. The van der Waals surface area contributed by atoms with Gasteiger partial charge >= 0.3 is 5.97 Å². The summed E-state index contributed by atoms with van der Waals surface area (Å²) in [5, 5.41) is 0. The van der Waals surface area contributed by atoms with Gasteiger partial charge in [-0.2, -0.15) is 0 Å². The van der Waals surface area contributed by atoms with Crippen molar-refractivity contribution >= 4 is 5.97 Å². The van der Waals surface area contributed by atoms with Crippen LogP contribution >= 0.6 is 0 Å². The second-order valence-corrected chi connectivity index (χ2v) is 11.9. The second-order valence-electron chi connectivity index (χ2n) is 11.9. The van der Waals surface area contributed by atoms with E-state index in [-0.39, 0.29) is 11.9 Å². The Labute approximate surface area is 217 Å². The molecule has 4 nitrogen and oxygen atoms in total. The zero-order valence-electron chi connectivity index (χ0n) is 21.9. The fourth-order valence-corrected chi connectivity index (χ4v) is 8.56. The van der Waals surface area contributed by atoms with E-state index in [4.69, 9.17) is 4.74 Å². The van der Waals surface area contributed by atoms with Crippen LogP contribution in [0.5, 0.6) is 0 Å². The Bertz CT molecular complexity index is 987. The number of hydrogen-bond acceptors (Lipinski definition) is 4. The lowest BCUT2D eigenvalue weighted by Gasteiger charge is -2.75. The minimum atomic E-state index is 0.00444. The number of nitrogens with zero attached hydrogens (tertiary/aromatic N) is 2. The average Bonchev–Trinajstić information content (AvgIpc) is 2.93. The van der Waals surface area contributed by atoms with E-state index in [1.807, 2.05) is 6.92 Å². The highest BCUT2D eigenvalue weighted by Gasteiger charge is 2.71. The summed E-state index contributed by atoms with van der Waals surface area (Å²) < 4.78 is 5.28. The van der Waals surface area contributed by atoms with Crippen molar-refractivity contribution in [2.45, 2.75) is 68.7 Å². The van der Waals surface area contributed by atoms with Crippen molar-refractivity contribution in [1.29, 1.82) is 0 Å². The van der Waals surface area contributed by atoms with Crippen LogP contribution in [0.2, 0.25) is 0 Å². The topological polar surface area (TPSA) is 32.8 Å². The van der Waals surface area contributed by atoms with E-state index in [0.29, 0.717) is 29.4 Å². The first kappa shape index (κ1) is 24.2. The van der Waals surface area contributed by atoms with E-state index in [1.54, 1.807) is 11.1 Å². The minimum absolute atomic E-state index is 0.00444. The number of hydrogen-bond donors (Lipinski definition) is 0. The van der Waals surface area contributed by atoms with Crippen molar-refractivity contribution in [2.24, 2.45) is 11.8 Å². The maximum atomic E-state index is 12.2. The molecule has 0 aromatic heterocycles. The highest BCUT2D eigenvalue weighted by Crippen LogP contribution is 2.71. The first-order valence-corrected chi connectivity index (χ1v) is 14.4. The van der Waals surface area contributed by atoms with Crippen molar-refractivity contribution in [3.05, 3.63) is 71.8 Å². The number of unbranched alkanes of at least 4 members (excludes halogenated alkanes) is 1. The van der Waals surface area contributed by atoms with Gasteiger partial charge in [0.2, 0.25) is 0 Å². The fraction of sp³-hybridized carbons (Fsp3) is 0.594. The van der Waals surface area contributed by atoms with Crippen molar-refractivity contribution < 1.29 is 9.53 Å². The molecule has 3 aliphatic carbocycles. The van der Waals surface area contributed by atoms with Gasteiger partial charge in [-0.05, 0) is 88.5 Å². The largest absolute Gasteiger partial charge is 0.466 e. The molecule has 6 aliphatic rings. The van der Waals surface area contributed by atoms with Gasteiger partial charge in [-0.3, -0.25) is 9.69 Å². The Morgan fingerprint density at radius 2 is 1.56 bits per heavy atom. The lowest BCUT2D eigenvalue weighted by atomic mass is 9.33. The summed E-state index contributed by atoms with van der Waals surface area (Å²) in [4.78, 5) is 17.5. The molecule has 3 heterocycles. The van der Waals surface area contributed by atoms with Crippen LogP contribution in [-0.2, 0) is 20.4 Å². The highest BCUT2D eigenvalue weighted by molar-refractivity contribution is 5.72. The van der Waals surface area contributed by atoms with Crippen LogP contribution in [0.15, 0.2) is 60.7 Å². The monoisotopic (exact) mass is 486 g/mol. The first-order valence-electron chi connectivity index (χ1n) is 14.4. The van der Waals surface area contributed by atoms with Crippen molar-refractivity contribution in [3.8, 4) is 0 Å². The molecule has 192 valence electrons. The van der Waals surface area contributed by atoms with Gasteiger partial charge in [0.15, 0.2) is 0 Å².